The number of aromatic nitrogens is 1. The average Bonchev–Trinajstić information content (AvgIpc) is 2.46. The van der Waals surface area contributed by atoms with Crippen LogP contribution in [0.2, 0.25) is 0 Å². The highest BCUT2D eigenvalue weighted by Crippen LogP contribution is 2.19. The summed E-state index contributed by atoms with van der Waals surface area (Å²) in [5.74, 6) is -0.337. The summed E-state index contributed by atoms with van der Waals surface area (Å²) < 4.78 is 5.62. The van der Waals surface area contributed by atoms with Crippen molar-refractivity contribution in [2.45, 2.75) is 65.2 Å². The number of carboxylic acids is 1. The minimum Gasteiger partial charge on any atom is -0.478 e. The van der Waals surface area contributed by atoms with Gasteiger partial charge in [0, 0.05) is 11.8 Å². The molecule has 0 saturated carbocycles. The van der Waals surface area contributed by atoms with E-state index in [9.17, 15) is 4.79 Å². The van der Waals surface area contributed by atoms with Crippen LogP contribution in [-0.4, -0.2) is 22.7 Å². The van der Waals surface area contributed by atoms with Crippen molar-refractivity contribution in [3.8, 4) is 5.88 Å². The van der Waals surface area contributed by atoms with Gasteiger partial charge >= 0.3 is 5.97 Å². The molecule has 4 heteroatoms. The van der Waals surface area contributed by atoms with Gasteiger partial charge in [0.2, 0.25) is 5.88 Å². The lowest BCUT2D eigenvalue weighted by Crippen LogP contribution is -2.06. The van der Waals surface area contributed by atoms with Crippen LogP contribution in [-0.2, 0) is 0 Å². The van der Waals surface area contributed by atoms with Crippen molar-refractivity contribution >= 4 is 5.97 Å². The smallest absolute Gasteiger partial charge is 0.335 e. The fraction of sp³-hybridized carbons (Fsp3) is 0.647. The number of carboxylic acid groups (broad SMARTS) is 1. The summed E-state index contributed by atoms with van der Waals surface area (Å²) >= 11 is 0. The Morgan fingerprint density at radius 3 is 2.48 bits per heavy atom. The first-order chi connectivity index (χ1) is 10.0. The van der Waals surface area contributed by atoms with Crippen molar-refractivity contribution < 1.29 is 14.6 Å². The van der Waals surface area contributed by atoms with E-state index in [0.717, 1.165) is 18.5 Å². The highest BCUT2D eigenvalue weighted by molar-refractivity contribution is 5.88. The first-order valence-electron chi connectivity index (χ1n) is 7.92. The van der Waals surface area contributed by atoms with Crippen molar-refractivity contribution in [1.82, 2.24) is 4.98 Å². The van der Waals surface area contributed by atoms with Crippen LogP contribution in [0.1, 0.15) is 81.3 Å². The van der Waals surface area contributed by atoms with Crippen LogP contribution in [0, 0.1) is 0 Å². The molecule has 0 fully saturated rings. The summed E-state index contributed by atoms with van der Waals surface area (Å²) in [6, 6.07) is 3.12. The van der Waals surface area contributed by atoms with E-state index in [4.69, 9.17) is 9.84 Å². The predicted octanol–water partition coefficient (Wildman–Crippen LogP) is 4.64. The lowest BCUT2D eigenvalue weighted by Gasteiger charge is -2.10. The van der Waals surface area contributed by atoms with Crippen molar-refractivity contribution in [1.29, 1.82) is 0 Å². The Morgan fingerprint density at radius 1 is 1.19 bits per heavy atom. The van der Waals surface area contributed by atoms with Gasteiger partial charge in [-0.1, -0.05) is 52.9 Å². The van der Waals surface area contributed by atoms with Gasteiger partial charge in [-0.05, 0) is 18.4 Å². The first-order valence-corrected chi connectivity index (χ1v) is 7.92. The Kier molecular flexibility index (Phi) is 7.80. The molecule has 0 amide bonds. The maximum Gasteiger partial charge on any atom is 0.335 e. The summed E-state index contributed by atoms with van der Waals surface area (Å²) in [6.07, 6.45) is 7.19. The van der Waals surface area contributed by atoms with Crippen LogP contribution in [0.25, 0.3) is 0 Å². The fourth-order valence-electron chi connectivity index (χ4n) is 2.08. The molecule has 1 aromatic heterocycles. The van der Waals surface area contributed by atoms with Crippen LogP contribution < -0.4 is 4.74 Å². The monoisotopic (exact) mass is 293 g/mol. The minimum atomic E-state index is -0.941. The van der Waals surface area contributed by atoms with Gasteiger partial charge in [0.05, 0.1) is 12.2 Å². The summed E-state index contributed by atoms with van der Waals surface area (Å²) in [5.41, 5.74) is 1.000. The summed E-state index contributed by atoms with van der Waals surface area (Å²) in [5, 5.41) is 9.12. The number of pyridine rings is 1. The van der Waals surface area contributed by atoms with Crippen molar-refractivity contribution in [2.75, 3.05) is 6.61 Å². The van der Waals surface area contributed by atoms with Crippen LogP contribution in [0.5, 0.6) is 5.88 Å². The third-order valence-electron chi connectivity index (χ3n) is 3.41. The zero-order valence-electron chi connectivity index (χ0n) is 13.4. The molecular weight excluding hydrogens is 266 g/mol. The van der Waals surface area contributed by atoms with Crippen LogP contribution in [0.4, 0.5) is 0 Å². The zero-order valence-corrected chi connectivity index (χ0v) is 13.4. The SMILES string of the molecule is CCCCCCCCOc1cc(C(=O)O)cc(C(C)C)n1. The van der Waals surface area contributed by atoms with Gasteiger partial charge in [0.25, 0.3) is 0 Å². The van der Waals surface area contributed by atoms with Crippen LogP contribution in [0.3, 0.4) is 0 Å². The summed E-state index contributed by atoms with van der Waals surface area (Å²) in [7, 11) is 0. The molecule has 0 aliphatic carbocycles. The number of carbonyl (C=O) groups is 1. The largest absolute Gasteiger partial charge is 0.478 e. The third kappa shape index (κ3) is 6.61. The second-order valence-corrected chi connectivity index (χ2v) is 5.70. The molecule has 0 aromatic carbocycles. The number of aromatic carboxylic acids is 1. The molecule has 0 bridgehead atoms. The topological polar surface area (TPSA) is 59.4 Å². The quantitative estimate of drug-likeness (QED) is 0.638. The molecular formula is C17H27NO3. The predicted molar refractivity (Wildman–Crippen MR) is 84.2 cm³/mol. The third-order valence-corrected chi connectivity index (χ3v) is 3.41. The molecule has 0 aliphatic rings. The standard InChI is InChI=1S/C17H27NO3/c1-4-5-6-7-8-9-10-21-16-12-14(17(19)20)11-15(18-16)13(2)3/h11-13H,4-10H2,1-3H3,(H,19,20). The van der Waals surface area contributed by atoms with Gasteiger partial charge in [-0.15, -0.1) is 0 Å². The first kappa shape index (κ1) is 17.5. The molecule has 1 heterocycles. The van der Waals surface area contributed by atoms with E-state index in [0.29, 0.717) is 12.5 Å². The molecule has 1 aromatic rings. The molecule has 118 valence electrons. The molecule has 0 saturated heterocycles. The van der Waals surface area contributed by atoms with Gasteiger partial charge in [-0.2, -0.15) is 0 Å². The number of unbranched alkanes of at least 4 members (excludes halogenated alkanes) is 5. The number of ether oxygens (including phenoxy) is 1. The van der Waals surface area contributed by atoms with E-state index in [1.54, 1.807) is 6.07 Å². The molecule has 4 nitrogen and oxygen atoms in total. The van der Waals surface area contributed by atoms with Crippen molar-refractivity contribution in [2.24, 2.45) is 0 Å². The number of rotatable bonds is 10. The Bertz CT molecular complexity index is 444. The zero-order chi connectivity index (χ0) is 15.7. The van der Waals surface area contributed by atoms with Crippen molar-refractivity contribution in [3.63, 3.8) is 0 Å². The number of nitrogens with zero attached hydrogens (tertiary/aromatic N) is 1. The number of hydrogen-bond donors (Lipinski definition) is 1. The van der Waals surface area contributed by atoms with E-state index < -0.39 is 5.97 Å². The molecule has 0 atom stereocenters. The normalized spacial score (nSPS) is 10.9. The Hall–Kier alpha value is -1.58. The molecule has 0 unspecified atom stereocenters. The lowest BCUT2D eigenvalue weighted by atomic mass is 10.1. The van der Waals surface area contributed by atoms with Gasteiger partial charge in [0.1, 0.15) is 0 Å². The van der Waals surface area contributed by atoms with Crippen LogP contribution in [0.15, 0.2) is 12.1 Å². The fourth-order valence-corrected chi connectivity index (χ4v) is 2.08. The molecule has 0 spiro atoms. The van der Waals surface area contributed by atoms with Gasteiger partial charge in [-0.3, -0.25) is 0 Å². The summed E-state index contributed by atoms with van der Waals surface area (Å²) in [4.78, 5) is 15.5. The Balaban J connectivity index is 2.48. The minimum absolute atomic E-state index is 0.181. The van der Waals surface area contributed by atoms with Crippen molar-refractivity contribution in [3.05, 3.63) is 23.4 Å². The maximum atomic E-state index is 11.1. The average molecular weight is 293 g/mol. The Morgan fingerprint density at radius 2 is 1.86 bits per heavy atom. The van der Waals surface area contributed by atoms with E-state index in [1.807, 2.05) is 13.8 Å². The second kappa shape index (κ2) is 9.37. The van der Waals surface area contributed by atoms with Gasteiger partial charge in [0.15, 0.2) is 0 Å². The highest BCUT2D eigenvalue weighted by Gasteiger charge is 2.11. The van der Waals surface area contributed by atoms with E-state index in [-0.39, 0.29) is 11.5 Å². The van der Waals surface area contributed by atoms with E-state index in [1.165, 1.54) is 31.7 Å². The molecule has 0 aliphatic heterocycles. The lowest BCUT2D eigenvalue weighted by molar-refractivity contribution is 0.0696. The maximum absolute atomic E-state index is 11.1. The summed E-state index contributed by atoms with van der Waals surface area (Å²) in [6.45, 7) is 6.78. The molecule has 21 heavy (non-hydrogen) atoms. The van der Waals surface area contributed by atoms with E-state index in [2.05, 4.69) is 11.9 Å². The second-order valence-electron chi connectivity index (χ2n) is 5.70. The molecule has 0 radical (unpaired) electrons. The van der Waals surface area contributed by atoms with Crippen LogP contribution >= 0.6 is 0 Å². The molecule has 1 rings (SSSR count). The molecule has 1 N–H and O–H groups in total. The number of hydrogen-bond acceptors (Lipinski definition) is 3. The van der Waals surface area contributed by atoms with E-state index >= 15 is 0 Å². The Labute approximate surface area is 127 Å². The van der Waals surface area contributed by atoms with Gasteiger partial charge < -0.3 is 9.84 Å². The van der Waals surface area contributed by atoms with Gasteiger partial charge in [-0.25, -0.2) is 9.78 Å². The highest BCUT2D eigenvalue weighted by atomic mass is 16.5.